The van der Waals surface area contributed by atoms with Gasteiger partial charge < -0.3 is 9.47 Å². The standard InChI is InChI=1S/C10H8F14O3/c11-1-3-25-5(7(13,14)15,8(16,17)18)27-6(9(19,20)21,10(22,23)24)26-4-2-12/h1-4H2. The Morgan fingerprint density at radius 1 is 0.444 bits per heavy atom. The van der Waals surface area contributed by atoms with Gasteiger partial charge in [-0.2, -0.15) is 52.7 Å². The second-order valence-corrected chi connectivity index (χ2v) is 4.40. The molecule has 0 amide bonds. The van der Waals surface area contributed by atoms with Gasteiger partial charge in [-0.3, -0.25) is 4.74 Å². The summed E-state index contributed by atoms with van der Waals surface area (Å²) in [6, 6.07) is 0. The zero-order chi connectivity index (χ0) is 21.9. The molecule has 0 aromatic rings. The molecular weight excluding hydrogens is 434 g/mol. The maximum atomic E-state index is 12.9. The van der Waals surface area contributed by atoms with Gasteiger partial charge in [0.25, 0.3) is 0 Å². The Hall–Kier alpha value is -1.10. The van der Waals surface area contributed by atoms with Crippen LogP contribution in [-0.4, -0.2) is 62.8 Å². The molecule has 0 saturated heterocycles. The van der Waals surface area contributed by atoms with Crippen molar-refractivity contribution in [3.8, 4) is 0 Å². The SMILES string of the molecule is FCCOC(OC(OCCF)(C(F)(F)F)C(F)(F)F)(C(F)(F)F)C(F)(F)F. The molecule has 3 nitrogen and oxygen atoms in total. The van der Waals surface area contributed by atoms with Crippen molar-refractivity contribution in [3.05, 3.63) is 0 Å². The van der Waals surface area contributed by atoms with Crippen molar-refractivity contribution < 1.29 is 75.7 Å². The summed E-state index contributed by atoms with van der Waals surface area (Å²) in [5.74, 6) is -13.2. The third kappa shape index (κ3) is 5.04. The van der Waals surface area contributed by atoms with E-state index in [0.717, 1.165) is 0 Å². The molecule has 0 atom stereocenters. The summed E-state index contributed by atoms with van der Waals surface area (Å²) in [4.78, 5) is 0. The lowest BCUT2D eigenvalue weighted by Crippen LogP contribution is -2.71. The molecule has 0 aromatic heterocycles. The minimum Gasteiger partial charge on any atom is -0.333 e. The average molecular weight is 442 g/mol. The fourth-order valence-corrected chi connectivity index (χ4v) is 1.51. The van der Waals surface area contributed by atoms with Crippen molar-refractivity contribution in [2.75, 3.05) is 26.6 Å². The van der Waals surface area contributed by atoms with Gasteiger partial charge >= 0.3 is 36.3 Å². The molecule has 0 bridgehead atoms. The van der Waals surface area contributed by atoms with Crippen molar-refractivity contribution in [1.82, 2.24) is 0 Å². The molecule has 0 spiro atoms. The largest absolute Gasteiger partial charge is 0.453 e. The summed E-state index contributed by atoms with van der Waals surface area (Å²) in [7, 11) is 0. The van der Waals surface area contributed by atoms with E-state index in [1.54, 1.807) is 0 Å². The highest BCUT2D eigenvalue weighted by Crippen LogP contribution is 2.55. The Balaban J connectivity index is 6.77. The zero-order valence-electron chi connectivity index (χ0n) is 12.3. The number of hydrogen-bond acceptors (Lipinski definition) is 3. The summed E-state index contributed by atoms with van der Waals surface area (Å²) in [6.07, 6.45) is -28.5. The number of hydrogen-bond donors (Lipinski definition) is 0. The van der Waals surface area contributed by atoms with Crippen molar-refractivity contribution in [1.29, 1.82) is 0 Å². The monoisotopic (exact) mass is 442 g/mol. The van der Waals surface area contributed by atoms with E-state index in [4.69, 9.17) is 0 Å². The van der Waals surface area contributed by atoms with Crippen LogP contribution in [0.15, 0.2) is 0 Å². The lowest BCUT2D eigenvalue weighted by atomic mass is 10.2. The average Bonchev–Trinajstić information content (AvgIpc) is 2.41. The maximum absolute atomic E-state index is 12.9. The van der Waals surface area contributed by atoms with E-state index < -0.39 is 62.8 Å². The quantitative estimate of drug-likeness (QED) is 0.406. The van der Waals surface area contributed by atoms with Crippen molar-refractivity contribution in [2.45, 2.75) is 36.3 Å². The molecular formula is C10H8F14O3. The highest BCUT2D eigenvalue weighted by Gasteiger charge is 2.84. The van der Waals surface area contributed by atoms with Crippen LogP contribution < -0.4 is 0 Å². The first-order valence-electron chi connectivity index (χ1n) is 6.20. The van der Waals surface area contributed by atoms with E-state index in [0.29, 0.717) is 0 Å². The van der Waals surface area contributed by atoms with Crippen LogP contribution in [-0.2, 0) is 14.2 Å². The van der Waals surface area contributed by atoms with E-state index in [1.807, 2.05) is 0 Å². The third-order valence-electron chi connectivity index (χ3n) is 2.55. The Bertz CT molecular complexity index is 392. The predicted octanol–water partition coefficient (Wildman–Crippen LogP) is 4.62. The highest BCUT2D eigenvalue weighted by atomic mass is 19.4. The summed E-state index contributed by atoms with van der Waals surface area (Å²) in [6.45, 7) is -8.86. The predicted molar refractivity (Wildman–Crippen MR) is 54.6 cm³/mol. The smallest absolute Gasteiger partial charge is 0.333 e. The van der Waals surface area contributed by atoms with Gasteiger partial charge in [-0.1, -0.05) is 0 Å². The van der Waals surface area contributed by atoms with E-state index >= 15 is 0 Å². The molecule has 0 aromatic carbocycles. The van der Waals surface area contributed by atoms with Crippen LogP contribution in [0.5, 0.6) is 0 Å². The molecule has 0 fully saturated rings. The first-order valence-corrected chi connectivity index (χ1v) is 6.20. The summed E-state index contributed by atoms with van der Waals surface area (Å²) < 4.78 is 187. The Kier molecular flexibility index (Phi) is 7.77. The lowest BCUT2D eigenvalue weighted by Gasteiger charge is -2.44. The summed E-state index contributed by atoms with van der Waals surface area (Å²) in [5.41, 5.74) is 0. The minimum absolute atomic E-state index is 2.17. The topological polar surface area (TPSA) is 27.7 Å². The van der Waals surface area contributed by atoms with E-state index in [2.05, 4.69) is 14.2 Å². The van der Waals surface area contributed by atoms with Crippen LogP contribution in [0, 0.1) is 0 Å². The summed E-state index contributed by atoms with van der Waals surface area (Å²) in [5, 5.41) is 0. The molecule has 0 aliphatic carbocycles. The van der Waals surface area contributed by atoms with Crippen LogP contribution in [0.2, 0.25) is 0 Å². The molecule has 17 heteroatoms. The first kappa shape index (κ1) is 25.9. The molecule has 0 aliphatic heterocycles. The summed E-state index contributed by atoms with van der Waals surface area (Å²) >= 11 is 0. The minimum atomic E-state index is -7.12. The Morgan fingerprint density at radius 3 is 0.815 bits per heavy atom. The van der Waals surface area contributed by atoms with Crippen LogP contribution in [0.3, 0.4) is 0 Å². The first-order chi connectivity index (χ1) is 11.8. The van der Waals surface area contributed by atoms with Gasteiger partial charge in [-0.25, -0.2) is 8.78 Å². The van der Waals surface area contributed by atoms with Crippen molar-refractivity contribution in [2.24, 2.45) is 0 Å². The lowest BCUT2D eigenvalue weighted by molar-refractivity contribution is -0.565. The molecule has 164 valence electrons. The number of halogens is 14. The third-order valence-corrected chi connectivity index (χ3v) is 2.55. The van der Waals surface area contributed by atoms with Gasteiger partial charge in [0.2, 0.25) is 0 Å². The molecule has 27 heavy (non-hydrogen) atoms. The van der Waals surface area contributed by atoms with Gasteiger partial charge in [0.05, 0.1) is 13.2 Å². The second kappa shape index (κ2) is 8.10. The zero-order valence-corrected chi connectivity index (χ0v) is 12.3. The molecule has 0 unspecified atom stereocenters. The van der Waals surface area contributed by atoms with Crippen LogP contribution in [0.25, 0.3) is 0 Å². The molecule has 0 aliphatic rings. The van der Waals surface area contributed by atoms with Crippen molar-refractivity contribution in [3.63, 3.8) is 0 Å². The number of alkyl halides is 14. The fraction of sp³-hybridized carbons (Fsp3) is 1.00. The molecule has 0 N–H and O–H groups in total. The van der Waals surface area contributed by atoms with Gasteiger partial charge in [-0.05, 0) is 0 Å². The molecule has 0 radical (unpaired) electrons. The number of rotatable bonds is 8. The Labute approximate surface area is 140 Å². The van der Waals surface area contributed by atoms with Gasteiger partial charge in [0.15, 0.2) is 0 Å². The van der Waals surface area contributed by atoms with Gasteiger partial charge in [0, 0.05) is 0 Å². The highest BCUT2D eigenvalue weighted by molar-refractivity contribution is 4.96. The molecule has 0 heterocycles. The Morgan fingerprint density at radius 2 is 0.667 bits per heavy atom. The fourth-order valence-electron chi connectivity index (χ4n) is 1.51. The van der Waals surface area contributed by atoms with Crippen LogP contribution in [0.1, 0.15) is 0 Å². The van der Waals surface area contributed by atoms with Gasteiger partial charge in [-0.15, -0.1) is 0 Å². The van der Waals surface area contributed by atoms with Gasteiger partial charge in [0.1, 0.15) is 13.3 Å². The normalized spacial score (nSPS) is 15.3. The van der Waals surface area contributed by atoms with E-state index in [9.17, 15) is 61.5 Å². The van der Waals surface area contributed by atoms with E-state index in [1.165, 1.54) is 0 Å². The van der Waals surface area contributed by atoms with E-state index in [-0.39, 0.29) is 0 Å². The van der Waals surface area contributed by atoms with Crippen molar-refractivity contribution >= 4 is 0 Å². The maximum Gasteiger partial charge on any atom is 0.453 e. The van der Waals surface area contributed by atoms with Crippen LogP contribution >= 0.6 is 0 Å². The molecule has 0 rings (SSSR count). The van der Waals surface area contributed by atoms with Crippen LogP contribution in [0.4, 0.5) is 61.5 Å². The molecule has 0 saturated carbocycles. The number of ether oxygens (including phenoxy) is 3. The second-order valence-electron chi connectivity index (χ2n) is 4.40.